The number of aromatic nitrogens is 2. The molecule has 1 aliphatic rings. The quantitative estimate of drug-likeness (QED) is 0.595. The van der Waals surface area contributed by atoms with Crippen molar-refractivity contribution in [3.05, 3.63) is 52.0 Å². The van der Waals surface area contributed by atoms with Gasteiger partial charge in [-0.3, -0.25) is 9.69 Å². The van der Waals surface area contributed by atoms with Crippen LogP contribution in [0.15, 0.2) is 30.6 Å². The highest BCUT2D eigenvalue weighted by atomic mass is 35.5. The van der Waals surface area contributed by atoms with E-state index in [4.69, 9.17) is 17.3 Å². The van der Waals surface area contributed by atoms with Crippen molar-refractivity contribution in [2.24, 2.45) is 5.73 Å². The molecule has 0 bridgehead atoms. The minimum Gasteiger partial charge on any atom is -0.369 e. The number of nitrogens with one attached hydrogen (secondary N) is 1. The van der Waals surface area contributed by atoms with Crippen molar-refractivity contribution in [1.29, 1.82) is 0 Å². The molecule has 1 fully saturated rings. The molecule has 0 saturated carbocycles. The standard InChI is InChI=1S/C19H19ClFN5OS2/c20-13-7-11(1-2-14(13)21)25-17(26-3-5-28-6-4-26)9-15-12-8-16(18(22)27)29-19(12)24-10-23-15/h1-2,7-8,10,17,25H,3-6,9H2,(H2,22,27). The molecule has 4 rings (SSSR count). The number of halogens is 2. The van der Waals surface area contributed by atoms with Gasteiger partial charge in [0.2, 0.25) is 0 Å². The Balaban J connectivity index is 1.65. The van der Waals surface area contributed by atoms with E-state index in [2.05, 4.69) is 20.2 Å². The van der Waals surface area contributed by atoms with E-state index in [9.17, 15) is 9.18 Å². The van der Waals surface area contributed by atoms with E-state index in [0.717, 1.165) is 46.2 Å². The molecule has 2 aromatic heterocycles. The summed E-state index contributed by atoms with van der Waals surface area (Å²) in [6.07, 6.45) is 2.04. The molecule has 0 radical (unpaired) electrons. The summed E-state index contributed by atoms with van der Waals surface area (Å²) >= 11 is 9.15. The third-order valence-electron chi connectivity index (χ3n) is 4.78. The fourth-order valence-electron chi connectivity index (χ4n) is 3.31. The molecule has 3 N–H and O–H groups in total. The predicted molar refractivity (Wildman–Crippen MR) is 117 cm³/mol. The monoisotopic (exact) mass is 451 g/mol. The Morgan fingerprint density at radius 1 is 1.31 bits per heavy atom. The van der Waals surface area contributed by atoms with Gasteiger partial charge in [0.15, 0.2) is 0 Å². The van der Waals surface area contributed by atoms with Crippen molar-refractivity contribution in [3.8, 4) is 0 Å². The molecule has 1 aromatic carbocycles. The van der Waals surface area contributed by atoms with Crippen LogP contribution in [0, 0.1) is 5.82 Å². The molecule has 0 spiro atoms. The number of nitrogens with zero attached hydrogens (tertiary/aromatic N) is 3. The highest BCUT2D eigenvalue weighted by molar-refractivity contribution is 7.99. The van der Waals surface area contributed by atoms with Gasteiger partial charge in [-0.1, -0.05) is 11.6 Å². The number of hydrogen-bond donors (Lipinski definition) is 2. The summed E-state index contributed by atoms with van der Waals surface area (Å²) in [7, 11) is 0. The predicted octanol–water partition coefficient (Wildman–Crippen LogP) is 3.61. The van der Waals surface area contributed by atoms with Crippen LogP contribution in [0.2, 0.25) is 5.02 Å². The molecule has 10 heteroatoms. The Kier molecular flexibility index (Phi) is 6.19. The first-order valence-electron chi connectivity index (χ1n) is 9.08. The van der Waals surface area contributed by atoms with E-state index in [0.29, 0.717) is 11.3 Å². The fraction of sp³-hybridized carbons (Fsp3) is 0.316. The summed E-state index contributed by atoms with van der Waals surface area (Å²) in [5.74, 6) is 1.18. The lowest BCUT2D eigenvalue weighted by atomic mass is 10.1. The van der Waals surface area contributed by atoms with Gasteiger partial charge in [-0.05, 0) is 24.3 Å². The second-order valence-corrected chi connectivity index (χ2v) is 9.32. The average Bonchev–Trinajstić information content (AvgIpc) is 3.17. The third-order valence-corrected chi connectivity index (χ3v) is 7.07. The van der Waals surface area contributed by atoms with Crippen LogP contribution in [0.1, 0.15) is 15.4 Å². The van der Waals surface area contributed by atoms with E-state index >= 15 is 0 Å². The van der Waals surface area contributed by atoms with Crippen LogP contribution >= 0.6 is 34.7 Å². The molecule has 1 aliphatic heterocycles. The minimum absolute atomic E-state index is 0.0625. The van der Waals surface area contributed by atoms with Crippen molar-refractivity contribution in [2.75, 3.05) is 29.9 Å². The van der Waals surface area contributed by atoms with Crippen molar-refractivity contribution in [2.45, 2.75) is 12.6 Å². The molecule has 6 nitrogen and oxygen atoms in total. The van der Waals surface area contributed by atoms with Crippen LogP contribution < -0.4 is 11.1 Å². The lowest BCUT2D eigenvalue weighted by Crippen LogP contribution is -2.46. The Hall–Kier alpha value is -1.94. The molecule has 0 aliphatic carbocycles. The fourth-order valence-corrected chi connectivity index (χ4v) is 5.29. The molecule has 1 saturated heterocycles. The number of nitrogens with two attached hydrogens (primary N) is 1. The zero-order chi connectivity index (χ0) is 20.4. The highest BCUT2D eigenvalue weighted by Gasteiger charge is 2.23. The van der Waals surface area contributed by atoms with Crippen LogP contribution in [-0.2, 0) is 6.42 Å². The minimum atomic E-state index is -0.470. The Morgan fingerprint density at radius 2 is 2.10 bits per heavy atom. The molecule has 29 heavy (non-hydrogen) atoms. The van der Waals surface area contributed by atoms with Crippen molar-refractivity contribution in [3.63, 3.8) is 0 Å². The number of benzene rings is 1. The van der Waals surface area contributed by atoms with Gasteiger partial charge in [-0.25, -0.2) is 14.4 Å². The zero-order valence-electron chi connectivity index (χ0n) is 15.4. The number of thiophene rings is 1. The summed E-state index contributed by atoms with van der Waals surface area (Å²) in [6.45, 7) is 1.86. The van der Waals surface area contributed by atoms with E-state index in [1.165, 1.54) is 23.7 Å². The molecule has 152 valence electrons. The van der Waals surface area contributed by atoms with E-state index in [-0.39, 0.29) is 11.2 Å². The second kappa shape index (κ2) is 8.83. The first-order valence-corrected chi connectivity index (χ1v) is 11.4. The molecule has 1 unspecified atom stereocenters. The third kappa shape index (κ3) is 4.63. The number of hydrogen-bond acceptors (Lipinski definition) is 7. The summed E-state index contributed by atoms with van der Waals surface area (Å²) < 4.78 is 13.6. The maximum Gasteiger partial charge on any atom is 0.258 e. The summed E-state index contributed by atoms with van der Waals surface area (Å²) in [5, 5.41) is 4.39. The Labute approximate surface area is 180 Å². The number of fused-ring (bicyclic) bond motifs is 1. The number of carbonyl (C=O) groups is 1. The maximum absolute atomic E-state index is 13.6. The van der Waals surface area contributed by atoms with Gasteiger partial charge < -0.3 is 11.1 Å². The van der Waals surface area contributed by atoms with Gasteiger partial charge in [0.1, 0.15) is 17.0 Å². The molecular weight excluding hydrogens is 433 g/mol. The summed E-state index contributed by atoms with van der Waals surface area (Å²) in [6, 6.07) is 6.39. The first-order chi connectivity index (χ1) is 14.0. The maximum atomic E-state index is 13.6. The van der Waals surface area contributed by atoms with Gasteiger partial charge in [0.05, 0.1) is 21.8 Å². The molecule has 3 heterocycles. The van der Waals surface area contributed by atoms with Gasteiger partial charge in [0.25, 0.3) is 5.91 Å². The SMILES string of the molecule is NC(=O)c1cc2c(CC(Nc3ccc(F)c(Cl)c3)N3CCSCC3)ncnc2s1. The first kappa shape index (κ1) is 20.3. The van der Waals surface area contributed by atoms with Gasteiger partial charge in [0, 0.05) is 42.1 Å². The Bertz CT molecular complexity index is 1040. The van der Waals surface area contributed by atoms with Gasteiger partial charge >= 0.3 is 0 Å². The lowest BCUT2D eigenvalue weighted by Gasteiger charge is -2.35. The highest BCUT2D eigenvalue weighted by Crippen LogP contribution is 2.28. The normalized spacial score (nSPS) is 16.1. The molecular formula is C19H19ClFN5OS2. The molecule has 3 aromatic rings. The van der Waals surface area contributed by atoms with Gasteiger partial charge in [-0.15, -0.1) is 11.3 Å². The van der Waals surface area contributed by atoms with Crippen LogP contribution in [0.5, 0.6) is 0 Å². The van der Waals surface area contributed by atoms with Crippen LogP contribution in [-0.4, -0.2) is 51.5 Å². The number of amides is 1. The zero-order valence-corrected chi connectivity index (χ0v) is 17.8. The van der Waals surface area contributed by atoms with Crippen LogP contribution in [0.25, 0.3) is 10.2 Å². The van der Waals surface area contributed by atoms with Crippen LogP contribution in [0.3, 0.4) is 0 Å². The topological polar surface area (TPSA) is 84.1 Å². The van der Waals surface area contributed by atoms with E-state index in [1.54, 1.807) is 18.2 Å². The number of carbonyl (C=O) groups excluding carboxylic acids is 1. The number of primary amides is 1. The lowest BCUT2D eigenvalue weighted by molar-refractivity contribution is 0.100. The second-order valence-electron chi connectivity index (χ2n) is 6.66. The average molecular weight is 452 g/mol. The molecule has 1 atom stereocenters. The van der Waals surface area contributed by atoms with Gasteiger partial charge in [-0.2, -0.15) is 11.8 Å². The van der Waals surface area contributed by atoms with Crippen molar-refractivity contribution in [1.82, 2.24) is 14.9 Å². The van der Waals surface area contributed by atoms with E-state index in [1.807, 2.05) is 11.8 Å². The smallest absolute Gasteiger partial charge is 0.258 e. The number of anilines is 1. The summed E-state index contributed by atoms with van der Waals surface area (Å²) in [4.78, 5) is 23.9. The van der Waals surface area contributed by atoms with Crippen molar-refractivity contribution >= 4 is 56.5 Å². The molecule has 1 amide bonds. The largest absolute Gasteiger partial charge is 0.369 e. The van der Waals surface area contributed by atoms with Crippen molar-refractivity contribution < 1.29 is 9.18 Å². The Morgan fingerprint density at radius 3 is 2.83 bits per heavy atom. The number of rotatable bonds is 6. The summed E-state index contributed by atoms with van der Waals surface area (Å²) in [5.41, 5.74) is 7.01. The van der Waals surface area contributed by atoms with E-state index < -0.39 is 11.7 Å². The number of thioether (sulfide) groups is 1. The van der Waals surface area contributed by atoms with Crippen LogP contribution in [0.4, 0.5) is 10.1 Å².